The number of nitrogens with one attached hydrogen (secondary N) is 2. The van der Waals surface area contributed by atoms with Gasteiger partial charge in [-0.2, -0.15) is 5.26 Å². The van der Waals surface area contributed by atoms with Crippen LogP contribution in [-0.2, 0) is 10.5 Å². The number of anilines is 1. The average molecular weight is 425 g/mol. The number of likely N-dealkylation sites (tertiary alicyclic amines) is 1. The minimum atomic E-state index is -1.32. The number of piperidine rings is 1. The lowest BCUT2D eigenvalue weighted by molar-refractivity contribution is -0.131. The Morgan fingerprint density at radius 3 is 3.13 bits per heavy atom. The molecular weight excluding hydrogens is 405 g/mol. The summed E-state index contributed by atoms with van der Waals surface area (Å²) in [6, 6.07) is 3.90. The van der Waals surface area contributed by atoms with Crippen LogP contribution in [-0.4, -0.2) is 50.1 Å². The van der Waals surface area contributed by atoms with E-state index in [9.17, 15) is 9.18 Å². The number of H-pyrrole nitrogens is 1. The highest BCUT2D eigenvalue weighted by Crippen LogP contribution is 2.51. The van der Waals surface area contributed by atoms with Crippen LogP contribution in [0.4, 0.5) is 10.1 Å². The van der Waals surface area contributed by atoms with Crippen molar-refractivity contribution in [1.82, 2.24) is 25.1 Å². The predicted molar refractivity (Wildman–Crippen MR) is 110 cm³/mol. The van der Waals surface area contributed by atoms with Crippen molar-refractivity contribution >= 4 is 34.0 Å². The predicted octanol–water partition coefficient (Wildman–Crippen LogP) is 3.36. The third-order valence-corrected chi connectivity index (χ3v) is 6.80. The number of pyridine rings is 1. The van der Waals surface area contributed by atoms with Crippen LogP contribution in [0.25, 0.3) is 21.6 Å². The van der Waals surface area contributed by atoms with Crippen molar-refractivity contribution in [2.24, 2.45) is 0 Å². The Morgan fingerprint density at radius 2 is 2.33 bits per heavy atom. The van der Waals surface area contributed by atoms with Crippen molar-refractivity contribution in [3.05, 3.63) is 23.5 Å². The van der Waals surface area contributed by atoms with E-state index >= 15 is 0 Å². The van der Waals surface area contributed by atoms with Gasteiger partial charge < -0.3 is 15.2 Å². The molecule has 0 radical (unpaired) electrons. The number of alkyl halides is 1. The first-order valence-corrected chi connectivity index (χ1v) is 10.8. The standard InChI is InChI=1S/C20H20FN7OS/c21-20(5-6-20)19-27-26-18(30-19)14-10-24-17-13(4-8-23-17)16(14)25-12-2-1-9-28(11-12)15(29)3-7-22/h4,8,10,12H,1-3,5-6,9,11H2,(H2,23,24,25)/t12-/m1/s1. The van der Waals surface area contributed by atoms with Crippen LogP contribution in [0.1, 0.15) is 37.1 Å². The number of nitrogens with zero attached hydrogens (tertiary/aromatic N) is 5. The number of aromatic nitrogens is 4. The van der Waals surface area contributed by atoms with Gasteiger partial charge in [-0.1, -0.05) is 11.3 Å². The molecule has 0 aromatic carbocycles. The maximum atomic E-state index is 14.4. The second kappa shape index (κ2) is 7.32. The molecule has 10 heteroatoms. The SMILES string of the molecule is N#CCC(=O)N1CCC[C@@H](Nc2c(-c3nnc(C4(F)CC4)s3)cnc3[nH]ccc23)C1. The fourth-order valence-electron chi connectivity index (χ4n) is 3.87. The normalized spacial score (nSPS) is 20.1. The summed E-state index contributed by atoms with van der Waals surface area (Å²) in [7, 11) is 0. The molecule has 2 aliphatic rings. The van der Waals surface area contributed by atoms with Crippen molar-refractivity contribution in [1.29, 1.82) is 5.26 Å². The topological polar surface area (TPSA) is 111 Å². The van der Waals surface area contributed by atoms with E-state index in [0.29, 0.717) is 35.9 Å². The molecule has 0 unspecified atom stereocenters. The lowest BCUT2D eigenvalue weighted by atomic mass is 10.0. The molecule has 1 saturated heterocycles. The van der Waals surface area contributed by atoms with Crippen LogP contribution in [0.3, 0.4) is 0 Å². The second-order valence-electron chi connectivity index (χ2n) is 7.82. The summed E-state index contributed by atoms with van der Waals surface area (Å²) in [5.74, 6) is -0.141. The minimum Gasteiger partial charge on any atom is -0.379 e. The molecule has 30 heavy (non-hydrogen) atoms. The summed E-state index contributed by atoms with van der Waals surface area (Å²) in [5.41, 5.74) is 1.05. The van der Waals surface area contributed by atoms with Crippen LogP contribution in [0.5, 0.6) is 0 Å². The van der Waals surface area contributed by atoms with E-state index in [1.165, 1.54) is 11.3 Å². The number of hydrogen-bond donors (Lipinski definition) is 2. The van der Waals surface area contributed by atoms with Crippen molar-refractivity contribution in [2.45, 2.75) is 43.8 Å². The van der Waals surface area contributed by atoms with E-state index in [1.807, 2.05) is 18.3 Å². The van der Waals surface area contributed by atoms with Crippen LogP contribution >= 0.6 is 11.3 Å². The number of carbonyl (C=O) groups excluding carboxylic acids is 1. The quantitative estimate of drug-likeness (QED) is 0.649. The fourth-order valence-corrected chi connectivity index (χ4v) is 4.87. The molecule has 8 nitrogen and oxygen atoms in total. The third kappa shape index (κ3) is 3.39. The molecule has 4 heterocycles. The molecule has 5 rings (SSSR count). The molecular formula is C20H20FN7OS. The van der Waals surface area contributed by atoms with E-state index in [2.05, 4.69) is 25.5 Å². The summed E-state index contributed by atoms with van der Waals surface area (Å²) >= 11 is 1.27. The summed E-state index contributed by atoms with van der Waals surface area (Å²) in [4.78, 5) is 21.5. The molecule has 0 bridgehead atoms. The molecule has 3 aromatic heterocycles. The first kappa shape index (κ1) is 18.9. The highest BCUT2D eigenvalue weighted by Gasteiger charge is 2.48. The maximum Gasteiger partial charge on any atom is 0.236 e. The average Bonchev–Trinajstić information content (AvgIpc) is 3.15. The van der Waals surface area contributed by atoms with Gasteiger partial charge in [-0.15, -0.1) is 10.2 Å². The number of fused-ring (bicyclic) bond motifs is 1. The highest BCUT2D eigenvalue weighted by molar-refractivity contribution is 7.14. The van der Waals surface area contributed by atoms with Crippen molar-refractivity contribution in [2.75, 3.05) is 18.4 Å². The lowest BCUT2D eigenvalue weighted by Crippen LogP contribution is -2.45. The maximum absolute atomic E-state index is 14.4. The number of halogens is 1. The van der Waals surface area contributed by atoms with Gasteiger partial charge in [-0.3, -0.25) is 4.79 Å². The van der Waals surface area contributed by atoms with Gasteiger partial charge in [0, 0.05) is 36.9 Å². The Hall–Kier alpha value is -3.06. The van der Waals surface area contributed by atoms with Gasteiger partial charge >= 0.3 is 0 Å². The molecule has 0 spiro atoms. The summed E-state index contributed by atoms with van der Waals surface area (Å²) in [5, 5.41) is 22.7. The first-order valence-electron chi connectivity index (χ1n) is 9.98. The number of aromatic amines is 1. The van der Waals surface area contributed by atoms with Crippen LogP contribution < -0.4 is 5.32 Å². The smallest absolute Gasteiger partial charge is 0.236 e. The number of hydrogen-bond acceptors (Lipinski definition) is 7. The molecule has 3 aromatic rings. The minimum absolute atomic E-state index is 0.0315. The molecule has 1 amide bonds. The third-order valence-electron chi connectivity index (χ3n) is 5.67. The number of amides is 1. The fraction of sp³-hybridized carbons (Fsp3) is 0.450. The van der Waals surface area contributed by atoms with E-state index in [4.69, 9.17) is 5.26 Å². The summed E-state index contributed by atoms with van der Waals surface area (Å²) in [6.45, 7) is 1.20. The number of nitriles is 1. The molecule has 1 aliphatic carbocycles. The van der Waals surface area contributed by atoms with E-state index in [-0.39, 0.29) is 18.4 Å². The van der Waals surface area contributed by atoms with E-state index in [0.717, 1.165) is 35.1 Å². The Balaban J connectivity index is 1.46. The lowest BCUT2D eigenvalue weighted by Gasteiger charge is -2.33. The summed E-state index contributed by atoms with van der Waals surface area (Å²) in [6.07, 6.45) is 6.20. The van der Waals surface area contributed by atoms with Gasteiger partial charge in [0.1, 0.15) is 12.1 Å². The Labute approximate surface area is 176 Å². The number of rotatable bonds is 5. The van der Waals surface area contributed by atoms with Gasteiger partial charge in [0.15, 0.2) is 15.7 Å². The summed E-state index contributed by atoms with van der Waals surface area (Å²) < 4.78 is 14.4. The molecule has 2 N–H and O–H groups in total. The zero-order valence-corrected chi connectivity index (χ0v) is 17.0. The van der Waals surface area contributed by atoms with Crippen molar-refractivity contribution in [3.63, 3.8) is 0 Å². The van der Waals surface area contributed by atoms with Gasteiger partial charge in [0.25, 0.3) is 0 Å². The number of carbonyl (C=O) groups is 1. The Bertz CT molecular complexity index is 1150. The van der Waals surface area contributed by atoms with Gasteiger partial charge in [0.2, 0.25) is 5.91 Å². The molecule has 1 atom stereocenters. The van der Waals surface area contributed by atoms with Crippen molar-refractivity contribution in [3.8, 4) is 16.6 Å². The Kier molecular flexibility index (Phi) is 4.62. The molecule has 2 fully saturated rings. The van der Waals surface area contributed by atoms with E-state index < -0.39 is 5.67 Å². The highest BCUT2D eigenvalue weighted by atomic mass is 32.1. The Morgan fingerprint density at radius 1 is 1.47 bits per heavy atom. The van der Waals surface area contributed by atoms with Crippen LogP contribution in [0, 0.1) is 11.3 Å². The largest absolute Gasteiger partial charge is 0.379 e. The van der Waals surface area contributed by atoms with Gasteiger partial charge in [0.05, 0.1) is 17.3 Å². The molecule has 1 aliphatic heterocycles. The first-order chi connectivity index (χ1) is 14.6. The van der Waals surface area contributed by atoms with Crippen LogP contribution in [0.2, 0.25) is 0 Å². The second-order valence-corrected chi connectivity index (χ2v) is 8.80. The van der Waals surface area contributed by atoms with Crippen molar-refractivity contribution < 1.29 is 9.18 Å². The van der Waals surface area contributed by atoms with Gasteiger partial charge in [-0.05, 0) is 31.7 Å². The molecule has 1 saturated carbocycles. The zero-order valence-electron chi connectivity index (χ0n) is 16.2. The monoisotopic (exact) mass is 425 g/mol. The zero-order chi connectivity index (χ0) is 20.7. The molecule has 154 valence electrons. The van der Waals surface area contributed by atoms with Gasteiger partial charge in [-0.25, -0.2) is 9.37 Å². The van der Waals surface area contributed by atoms with E-state index in [1.54, 1.807) is 11.1 Å². The van der Waals surface area contributed by atoms with Crippen LogP contribution in [0.15, 0.2) is 18.5 Å².